The summed E-state index contributed by atoms with van der Waals surface area (Å²) in [5, 5.41) is 3.20. The lowest BCUT2D eigenvalue weighted by Crippen LogP contribution is -2.51. The number of ether oxygens (including phenoxy) is 1. The maximum atomic E-state index is 13.0. The highest BCUT2D eigenvalue weighted by atomic mass is 16.5. The first-order valence-electron chi connectivity index (χ1n) is 9.71. The first-order valence-corrected chi connectivity index (χ1v) is 9.71. The van der Waals surface area contributed by atoms with E-state index in [-0.39, 0.29) is 11.3 Å². The fourth-order valence-corrected chi connectivity index (χ4v) is 5.62. The molecule has 4 saturated carbocycles. The van der Waals surface area contributed by atoms with Crippen molar-refractivity contribution in [2.75, 3.05) is 11.9 Å². The molecule has 24 heavy (non-hydrogen) atoms. The zero-order valence-corrected chi connectivity index (χ0v) is 14.7. The van der Waals surface area contributed by atoms with Gasteiger partial charge in [-0.2, -0.15) is 0 Å². The molecule has 3 heteroatoms. The second kappa shape index (κ2) is 6.42. The minimum Gasteiger partial charge on any atom is -0.494 e. The van der Waals surface area contributed by atoms with Gasteiger partial charge < -0.3 is 10.1 Å². The van der Waals surface area contributed by atoms with Crippen molar-refractivity contribution in [1.29, 1.82) is 0 Å². The molecule has 4 aliphatic rings. The number of nitrogens with one attached hydrogen (secondary N) is 1. The molecule has 0 aliphatic heterocycles. The second-order valence-electron chi connectivity index (χ2n) is 8.38. The smallest absolute Gasteiger partial charge is 0.230 e. The van der Waals surface area contributed by atoms with Gasteiger partial charge in [0, 0.05) is 5.69 Å². The van der Waals surface area contributed by atoms with E-state index in [9.17, 15) is 4.79 Å². The van der Waals surface area contributed by atoms with E-state index in [4.69, 9.17) is 4.74 Å². The highest BCUT2D eigenvalue weighted by molar-refractivity contribution is 5.95. The molecule has 5 rings (SSSR count). The van der Waals surface area contributed by atoms with E-state index in [0.29, 0.717) is 0 Å². The fourth-order valence-electron chi connectivity index (χ4n) is 5.62. The summed E-state index contributed by atoms with van der Waals surface area (Å²) in [4.78, 5) is 13.0. The summed E-state index contributed by atoms with van der Waals surface area (Å²) in [6, 6.07) is 7.87. The number of hydrogen-bond acceptors (Lipinski definition) is 2. The van der Waals surface area contributed by atoms with Crippen molar-refractivity contribution in [1.82, 2.24) is 0 Å². The van der Waals surface area contributed by atoms with E-state index >= 15 is 0 Å². The molecule has 1 aromatic carbocycles. The topological polar surface area (TPSA) is 38.3 Å². The number of benzene rings is 1. The highest BCUT2D eigenvalue weighted by Crippen LogP contribution is 2.60. The number of hydrogen-bond donors (Lipinski definition) is 1. The molecule has 0 atom stereocenters. The molecule has 4 bridgehead atoms. The van der Waals surface area contributed by atoms with E-state index < -0.39 is 0 Å². The van der Waals surface area contributed by atoms with Crippen molar-refractivity contribution in [2.24, 2.45) is 23.2 Å². The molecule has 0 spiro atoms. The van der Waals surface area contributed by atoms with Crippen molar-refractivity contribution in [3.63, 3.8) is 0 Å². The van der Waals surface area contributed by atoms with Crippen LogP contribution in [0.1, 0.15) is 58.3 Å². The molecule has 0 heterocycles. The Kier molecular flexibility index (Phi) is 4.28. The van der Waals surface area contributed by atoms with Gasteiger partial charge in [-0.3, -0.25) is 4.79 Å². The van der Waals surface area contributed by atoms with Gasteiger partial charge in [-0.1, -0.05) is 13.3 Å². The normalized spacial score (nSPS) is 33.5. The third kappa shape index (κ3) is 3.05. The molecule has 0 unspecified atom stereocenters. The first-order chi connectivity index (χ1) is 11.7. The van der Waals surface area contributed by atoms with Crippen molar-refractivity contribution in [3.8, 4) is 5.75 Å². The van der Waals surface area contributed by atoms with Crippen LogP contribution in [0.5, 0.6) is 5.75 Å². The summed E-state index contributed by atoms with van der Waals surface area (Å²) in [6.45, 7) is 2.92. The van der Waals surface area contributed by atoms with Gasteiger partial charge in [0.15, 0.2) is 0 Å². The Bertz CT molecular complexity index is 557. The molecule has 1 aromatic rings. The van der Waals surface area contributed by atoms with Crippen molar-refractivity contribution < 1.29 is 9.53 Å². The average molecular weight is 327 g/mol. The molecule has 1 N–H and O–H groups in total. The van der Waals surface area contributed by atoms with Crippen LogP contribution in [0, 0.1) is 23.2 Å². The van der Waals surface area contributed by atoms with Crippen LogP contribution in [-0.2, 0) is 4.79 Å². The maximum absolute atomic E-state index is 13.0. The molecule has 0 saturated heterocycles. The molecule has 1 amide bonds. The Balaban J connectivity index is 1.39. The Morgan fingerprint density at radius 2 is 1.67 bits per heavy atom. The van der Waals surface area contributed by atoms with Crippen LogP contribution in [0.15, 0.2) is 24.3 Å². The number of anilines is 1. The third-order valence-corrected chi connectivity index (χ3v) is 6.40. The molecule has 4 aliphatic carbocycles. The van der Waals surface area contributed by atoms with Gasteiger partial charge in [0.1, 0.15) is 5.75 Å². The quantitative estimate of drug-likeness (QED) is 0.745. The van der Waals surface area contributed by atoms with Gasteiger partial charge in [0.05, 0.1) is 12.0 Å². The zero-order valence-electron chi connectivity index (χ0n) is 14.7. The Morgan fingerprint density at radius 3 is 2.21 bits per heavy atom. The van der Waals surface area contributed by atoms with Crippen LogP contribution in [-0.4, -0.2) is 12.5 Å². The van der Waals surface area contributed by atoms with Crippen molar-refractivity contribution in [2.45, 2.75) is 58.3 Å². The lowest BCUT2D eigenvalue weighted by molar-refractivity contribution is -0.140. The SMILES string of the molecule is CCCCOc1ccc(NC(=O)C23CC4CC(CC(C4)C2)C3)cc1. The summed E-state index contributed by atoms with van der Waals surface area (Å²) in [6.07, 6.45) is 9.67. The summed E-state index contributed by atoms with van der Waals surface area (Å²) in [7, 11) is 0. The number of carbonyl (C=O) groups excluding carboxylic acids is 1. The van der Waals surface area contributed by atoms with E-state index in [1.165, 1.54) is 19.3 Å². The number of rotatable bonds is 6. The fraction of sp³-hybridized carbons (Fsp3) is 0.667. The summed E-state index contributed by atoms with van der Waals surface area (Å²) >= 11 is 0. The van der Waals surface area contributed by atoms with Crippen molar-refractivity contribution in [3.05, 3.63) is 24.3 Å². The number of unbranched alkanes of at least 4 members (excludes halogenated alkanes) is 1. The van der Waals surface area contributed by atoms with Crippen molar-refractivity contribution >= 4 is 11.6 Å². The summed E-state index contributed by atoms with van der Waals surface area (Å²) in [5.74, 6) is 3.56. The van der Waals surface area contributed by atoms with Gasteiger partial charge in [-0.25, -0.2) is 0 Å². The van der Waals surface area contributed by atoms with E-state index in [1.54, 1.807) is 0 Å². The van der Waals surface area contributed by atoms with Gasteiger partial charge in [-0.05, 0) is 87.0 Å². The standard InChI is InChI=1S/C21H29NO2/c1-2-3-8-24-19-6-4-18(5-7-19)22-20(23)21-12-15-9-16(13-21)11-17(10-15)14-21/h4-7,15-17H,2-3,8-14H2,1H3,(H,22,23). The minimum atomic E-state index is -0.0783. The van der Waals surface area contributed by atoms with Gasteiger partial charge in [0.25, 0.3) is 0 Å². The second-order valence-corrected chi connectivity index (χ2v) is 8.38. The van der Waals surface area contributed by atoms with E-state index in [2.05, 4.69) is 12.2 Å². The molecule has 0 radical (unpaired) electrons. The largest absolute Gasteiger partial charge is 0.494 e. The first kappa shape index (κ1) is 16.0. The van der Waals surface area contributed by atoms with Crippen LogP contribution >= 0.6 is 0 Å². The summed E-state index contributed by atoms with van der Waals surface area (Å²) in [5.41, 5.74) is 0.823. The Labute approximate surface area is 145 Å². The lowest BCUT2D eigenvalue weighted by Gasteiger charge is -2.55. The number of amides is 1. The molecule has 0 aromatic heterocycles. The molecule has 3 nitrogen and oxygen atoms in total. The maximum Gasteiger partial charge on any atom is 0.230 e. The lowest BCUT2D eigenvalue weighted by atomic mass is 9.49. The Morgan fingerprint density at radius 1 is 1.08 bits per heavy atom. The highest BCUT2D eigenvalue weighted by Gasteiger charge is 2.54. The Hall–Kier alpha value is -1.51. The third-order valence-electron chi connectivity index (χ3n) is 6.40. The molecule has 4 fully saturated rings. The molecule has 130 valence electrons. The predicted molar refractivity (Wildman–Crippen MR) is 96.1 cm³/mol. The minimum absolute atomic E-state index is 0.0783. The van der Waals surface area contributed by atoms with Crippen LogP contribution in [0.25, 0.3) is 0 Å². The zero-order chi connectivity index (χ0) is 16.6. The summed E-state index contributed by atoms with van der Waals surface area (Å²) < 4.78 is 5.69. The predicted octanol–water partition coefficient (Wildman–Crippen LogP) is 5.02. The monoisotopic (exact) mass is 327 g/mol. The van der Waals surface area contributed by atoms with Crippen LogP contribution < -0.4 is 10.1 Å². The van der Waals surface area contributed by atoms with Crippen LogP contribution in [0.4, 0.5) is 5.69 Å². The van der Waals surface area contributed by atoms with Gasteiger partial charge >= 0.3 is 0 Å². The van der Waals surface area contributed by atoms with E-state index in [0.717, 1.165) is 67.9 Å². The average Bonchev–Trinajstić information content (AvgIpc) is 2.55. The van der Waals surface area contributed by atoms with E-state index in [1.807, 2.05) is 24.3 Å². The van der Waals surface area contributed by atoms with Crippen LogP contribution in [0.2, 0.25) is 0 Å². The van der Waals surface area contributed by atoms with Gasteiger partial charge in [-0.15, -0.1) is 0 Å². The van der Waals surface area contributed by atoms with Gasteiger partial charge in [0.2, 0.25) is 5.91 Å². The molecular weight excluding hydrogens is 298 g/mol. The molecular formula is C21H29NO2. The van der Waals surface area contributed by atoms with Crippen LogP contribution in [0.3, 0.4) is 0 Å². The number of carbonyl (C=O) groups is 1.